The van der Waals surface area contributed by atoms with Crippen LogP contribution in [-0.4, -0.2) is 25.4 Å². The summed E-state index contributed by atoms with van der Waals surface area (Å²) in [6.07, 6.45) is 5.86. The van der Waals surface area contributed by atoms with E-state index in [0.717, 1.165) is 12.0 Å². The molecule has 0 bridgehead atoms. The van der Waals surface area contributed by atoms with Crippen LogP contribution in [0.2, 0.25) is 0 Å². The lowest BCUT2D eigenvalue weighted by Crippen LogP contribution is -1.94. The molecule has 1 N–H and O–H groups in total. The van der Waals surface area contributed by atoms with Crippen LogP contribution in [-0.2, 0) is 6.42 Å². The van der Waals surface area contributed by atoms with Crippen LogP contribution in [0.15, 0.2) is 18.6 Å². The van der Waals surface area contributed by atoms with Crippen LogP contribution in [0.1, 0.15) is 23.0 Å². The van der Waals surface area contributed by atoms with Gasteiger partial charge in [0.1, 0.15) is 0 Å². The fraction of sp³-hybridized carbons (Fsp3) is 0.222. The summed E-state index contributed by atoms with van der Waals surface area (Å²) < 4.78 is 1.63. The molecule has 0 aliphatic rings. The van der Waals surface area contributed by atoms with Gasteiger partial charge in [-0.1, -0.05) is 6.92 Å². The topological polar surface area (TPSA) is 67.5 Å². The lowest BCUT2D eigenvalue weighted by Gasteiger charge is -1.95. The van der Waals surface area contributed by atoms with Gasteiger partial charge in [-0.15, -0.1) is 0 Å². The van der Waals surface area contributed by atoms with E-state index in [1.165, 1.54) is 6.20 Å². The zero-order valence-electron chi connectivity index (χ0n) is 7.64. The molecule has 2 aromatic rings. The van der Waals surface area contributed by atoms with Gasteiger partial charge in [0, 0.05) is 18.6 Å². The average molecular weight is 191 g/mol. The molecule has 5 nitrogen and oxygen atoms in total. The molecule has 2 aromatic heterocycles. The number of fused-ring (bicyclic) bond motifs is 1. The Balaban J connectivity index is 2.60. The fourth-order valence-electron chi connectivity index (χ4n) is 1.21. The van der Waals surface area contributed by atoms with Gasteiger partial charge < -0.3 is 5.11 Å². The maximum atomic E-state index is 10.6. The third kappa shape index (κ3) is 1.32. The molecule has 2 heterocycles. The molecule has 0 aromatic carbocycles. The molecule has 0 aliphatic carbocycles. The van der Waals surface area contributed by atoms with E-state index >= 15 is 0 Å². The number of carboxylic acid groups (broad SMARTS) is 1. The Morgan fingerprint density at radius 3 is 3.00 bits per heavy atom. The number of aryl methyl sites for hydroxylation is 1. The van der Waals surface area contributed by atoms with E-state index < -0.39 is 5.97 Å². The van der Waals surface area contributed by atoms with Crippen LogP contribution in [0.25, 0.3) is 5.78 Å². The number of hydrogen-bond donors (Lipinski definition) is 1. The van der Waals surface area contributed by atoms with Crippen molar-refractivity contribution in [1.82, 2.24) is 14.4 Å². The van der Waals surface area contributed by atoms with Gasteiger partial charge in [0.25, 0.3) is 0 Å². The Bertz CT molecular complexity index is 490. The molecule has 0 saturated carbocycles. The van der Waals surface area contributed by atoms with Gasteiger partial charge >= 0.3 is 5.97 Å². The number of aromatic nitrogens is 3. The predicted molar refractivity (Wildman–Crippen MR) is 49.3 cm³/mol. The molecular weight excluding hydrogens is 182 g/mol. The molecule has 0 fully saturated rings. The standard InChI is InChI=1S/C9H9N3O2/c1-2-6-3-10-9-11-7(8(13)14)5-12(9)4-6/h3-5H,2H2,1H3,(H,13,14). The van der Waals surface area contributed by atoms with Gasteiger partial charge in [0.15, 0.2) is 5.69 Å². The lowest BCUT2D eigenvalue weighted by molar-refractivity contribution is 0.0691. The van der Waals surface area contributed by atoms with Crippen molar-refractivity contribution >= 4 is 11.7 Å². The van der Waals surface area contributed by atoms with Crippen molar-refractivity contribution < 1.29 is 9.90 Å². The summed E-state index contributed by atoms with van der Waals surface area (Å²) in [5.74, 6) is -0.617. The molecule has 0 spiro atoms. The van der Waals surface area contributed by atoms with Crippen molar-refractivity contribution in [3.05, 3.63) is 29.8 Å². The van der Waals surface area contributed by atoms with Crippen molar-refractivity contribution in [2.75, 3.05) is 0 Å². The largest absolute Gasteiger partial charge is 0.476 e. The van der Waals surface area contributed by atoms with Gasteiger partial charge in [-0.3, -0.25) is 4.40 Å². The van der Waals surface area contributed by atoms with Crippen LogP contribution in [0.3, 0.4) is 0 Å². The normalized spacial score (nSPS) is 10.6. The van der Waals surface area contributed by atoms with Crippen molar-refractivity contribution in [3.8, 4) is 0 Å². The minimum Gasteiger partial charge on any atom is -0.476 e. The Morgan fingerprint density at radius 1 is 1.57 bits per heavy atom. The molecule has 0 amide bonds. The van der Waals surface area contributed by atoms with Gasteiger partial charge in [-0.05, 0) is 12.0 Å². The molecule has 0 radical (unpaired) electrons. The number of rotatable bonds is 2. The first-order valence-electron chi connectivity index (χ1n) is 4.27. The average Bonchev–Trinajstić information content (AvgIpc) is 2.59. The Morgan fingerprint density at radius 2 is 2.36 bits per heavy atom. The lowest BCUT2D eigenvalue weighted by atomic mass is 10.3. The van der Waals surface area contributed by atoms with Gasteiger partial charge in [0.2, 0.25) is 5.78 Å². The first-order valence-corrected chi connectivity index (χ1v) is 4.27. The van der Waals surface area contributed by atoms with Crippen molar-refractivity contribution in [3.63, 3.8) is 0 Å². The first-order chi connectivity index (χ1) is 6.70. The van der Waals surface area contributed by atoms with Crippen molar-refractivity contribution in [2.24, 2.45) is 0 Å². The van der Waals surface area contributed by atoms with Crippen molar-refractivity contribution in [1.29, 1.82) is 0 Å². The summed E-state index contributed by atoms with van der Waals surface area (Å²) in [5.41, 5.74) is 1.07. The van der Waals surface area contributed by atoms with Gasteiger partial charge in [-0.25, -0.2) is 14.8 Å². The van der Waals surface area contributed by atoms with Crippen LogP contribution >= 0.6 is 0 Å². The van der Waals surface area contributed by atoms with E-state index in [4.69, 9.17) is 5.11 Å². The zero-order valence-corrected chi connectivity index (χ0v) is 7.64. The molecule has 2 rings (SSSR count). The minimum absolute atomic E-state index is 0.0192. The van der Waals surface area contributed by atoms with E-state index in [9.17, 15) is 4.79 Å². The Labute approximate surface area is 80.0 Å². The van der Waals surface area contributed by atoms with E-state index in [1.54, 1.807) is 10.6 Å². The molecular formula is C9H9N3O2. The molecule has 14 heavy (non-hydrogen) atoms. The number of aromatic carboxylic acids is 1. The number of carbonyl (C=O) groups is 1. The minimum atomic E-state index is -1.03. The van der Waals surface area contributed by atoms with E-state index in [-0.39, 0.29) is 5.69 Å². The van der Waals surface area contributed by atoms with Crippen LogP contribution in [0.5, 0.6) is 0 Å². The van der Waals surface area contributed by atoms with E-state index in [1.807, 2.05) is 13.1 Å². The Hall–Kier alpha value is -1.91. The second-order valence-electron chi connectivity index (χ2n) is 2.95. The first kappa shape index (κ1) is 8.68. The molecule has 0 saturated heterocycles. The summed E-state index contributed by atoms with van der Waals surface area (Å²) in [6.45, 7) is 2.01. The van der Waals surface area contributed by atoms with Crippen LogP contribution in [0.4, 0.5) is 0 Å². The summed E-state index contributed by atoms with van der Waals surface area (Å²) in [5, 5.41) is 8.71. The molecule has 72 valence electrons. The summed E-state index contributed by atoms with van der Waals surface area (Å²) >= 11 is 0. The second kappa shape index (κ2) is 3.10. The highest BCUT2D eigenvalue weighted by Crippen LogP contribution is 2.05. The third-order valence-electron chi connectivity index (χ3n) is 1.99. The van der Waals surface area contributed by atoms with Crippen molar-refractivity contribution in [2.45, 2.75) is 13.3 Å². The highest BCUT2D eigenvalue weighted by molar-refractivity contribution is 5.85. The fourth-order valence-corrected chi connectivity index (χ4v) is 1.21. The summed E-state index contributed by atoms with van der Waals surface area (Å²) in [4.78, 5) is 18.5. The van der Waals surface area contributed by atoms with Gasteiger partial charge in [-0.2, -0.15) is 0 Å². The highest BCUT2D eigenvalue weighted by Gasteiger charge is 2.08. The molecule has 5 heteroatoms. The highest BCUT2D eigenvalue weighted by atomic mass is 16.4. The smallest absolute Gasteiger partial charge is 0.356 e. The number of carboxylic acids is 1. The second-order valence-corrected chi connectivity index (χ2v) is 2.95. The predicted octanol–water partition coefficient (Wildman–Crippen LogP) is 0.990. The SMILES string of the molecule is CCc1cnc2nc(C(=O)O)cn2c1. The van der Waals surface area contributed by atoms with Gasteiger partial charge in [0.05, 0.1) is 0 Å². The molecule has 0 aliphatic heterocycles. The van der Waals surface area contributed by atoms with Crippen LogP contribution < -0.4 is 0 Å². The Kier molecular flexibility index (Phi) is 1.92. The van der Waals surface area contributed by atoms with E-state index in [0.29, 0.717) is 5.78 Å². The quantitative estimate of drug-likeness (QED) is 0.768. The number of imidazole rings is 1. The van der Waals surface area contributed by atoms with E-state index in [2.05, 4.69) is 9.97 Å². The maximum absolute atomic E-state index is 10.6. The number of hydrogen-bond acceptors (Lipinski definition) is 3. The molecule has 0 atom stereocenters. The zero-order chi connectivity index (χ0) is 10.1. The summed E-state index contributed by atoms with van der Waals surface area (Å²) in [6, 6.07) is 0. The maximum Gasteiger partial charge on any atom is 0.356 e. The summed E-state index contributed by atoms with van der Waals surface area (Å²) in [7, 11) is 0. The van der Waals surface area contributed by atoms with Crippen LogP contribution in [0, 0.1) is 0 Å². The third-order valence-corrected chi connectivity index (χ3v) is 1.99. The molecule has 0 unspecified atom stereocenters. The monoisotopic (exact) mass is 191 g/mol. The number of nitrogens with zero attached hydrogens (tertiary/aromatic N) is 3.